The van der Waals surface area contributed by atoms with Gasteiger partial charge in [0.2, 0.25) is 0 Å². The highest BCUT2D eigenvalue weighted by Crippen LogP contribution is 2.42. The van der Waals surface area contributed by atoms with E-state index in [9.17, 15) is 4.79 Å². The molecule has 0 bridgehead atoms. The molecule has 3 heterocycles. The molecular formula is C21H19N3O2. The minimum atomic E-state index is 0.0303. The first-order valence-electron chi connectivity index (χ1n) is 8.87. The van der Waals surface area contributed by atoms with Gasteiger partial charge in [0.25, 0.3) is 5.91 Å². The summed E-state index contributed by atoms with van der Waals surface area (Å²) < 4.78 is 7.80. The summed E-state index contributed by atoms with van der Waals surface area (Å²) in [4.78, 5) is 17.3. The topological polar surface area (TPSA) is 37.7 Å². The summed E-state index contributed by atoms with van der Waals surface area (Å²) in [5, 5.41) is 0. The molecule has 0 fully saturated rings. The Kier molecular flexibility index (Phi) is 3.45. The largest absolute Gasteiger partial charge is 0.489 e. The SMILES string of the molecule is O=C(c1ccc(-n2cccc2)cc1)N1CCN2CCOc3cccc1c32. The number of amides is 1. The molecule has 0 radical (unpaired) electrons. The molecule has 2 aliphatic heterocycles. The van der Waals surface area contributed by atoms with Gasteiger partial charge < -0.3 is 19.1 Å². The average Bonchev–Trinajstić information content (AvgIpc) is 3.23. The monoisotopic (exact) mass is 345 g/mol. The molecule has 1 aromatic heterocycles. The van der Waals surface area contributed by atoms with Crippen molar-refractivity contribution in [3.8, 4) is 11.4 Å². The molecule has 0 N–H and O–H groups in total. The minimum Gasteiger partial charge on any atom is -0.489 e. The summed E-state index contributed by atoms with van der Waals surface area (Å²) in [5.41, 5.74) is 3.72. The van der Waals surface area contributed by atoms with Gasteiger partial charge in [-0.1, -0.05) is 6.07 Å². The average molecular weight is 345 g/mol. The van der Waals surface area contributed by atoms with E-state index in [2.05, 4.69) is 4.90 Å². The molecule has 0 atom stereocenters. The van der Waals surface area contributed by atoms with Gasteiger partial charge in [-0.3, -0.25) is 4.79 Å². The van der Waals surface area contributed by atoms with Crippen LogP contribution in [0.4, 0.5) is 11.4 Å². The number of para-hydroxylation sites is 1. The second kappa shape index (κ2) is 5.95. The highest BCUT2D eigenvalue weighted by atomic mass is 16.5. The van der Waals surface area contributed by atoms with Crippen molar-refractivity contribution in [3.63, 3.8) is 0 Å². The Balaban J connectivity index is 1.48. The smallest absolute Gasteiger partial charge is 0.258 e. The van der Waals surface area contributed by atoms with Crippen molar-refractivity contribution in [2.75, 3.05) is 36.0 Å². The van der Waals surface area contributed by atoms with Crippen LogP contribution in [0.15, 0.2) is 67.0 Å². The first-order chi connectivity index (χ1) is 12.8. The number of anilines is 2. The second-order valence-corrected chi connectivity index (χ2v) is 6.55. The highest BCUT2D eigenvalue weighted by Gasteiger charge is 2.31. The zero-order chi connectivity index (χ0) is 17.5. The molecule has 2 aliphatic rings. The predicted octanol–water partition coefficient (Wildman–Crippen LogP) is 3.34. The third-order valence-corrected chi connectivity index (χ3v) is 5.06. The zero-order valence-electron chi connectivity index (χ0n) is 14.3. The fourth-order valence-corrected chi connectivity index (χ4v) is 3.75. The van der Waals surface area contributed by atoms with Crippen LogP contribution in [0, 0.1) is 0 Å². The van der Waals surface area contributed by atoms with Crippen LogP contribution in [-0.2, 0) is 0 Å². The maximum atomic E-state index is 13.1. The predicted molar refractivity (Wildman–Crippen MR) is 102 cm³/mol. The Morgan fingerprint density at radius 1 is 0.885 bits per heavy atom. The van der Waals surface area contributed by atoms with Crippen molar-refractivity contribution in [1.29, 1.82) is 0 Å². The lowest BCUT2D eigenvalue weighted by Crippen LogP contribution is -2.47. The molecule has 130 valence electrons. The van der Waals surface area contributed by atoms with Crippen LogP contribution in [0.25, 0.3) is 5.69 Å². The molecule has 0 spiro atoms. The van der Waals surface area contributed by atoms with Crippen LogP contribution < -0.4 is 14.5 Å². The van der Waals surface area contributed by atoms with E-state index in [0.29, 0.717) is 18.7 Å². The van der Waals surface area contributed by atoms with Crippen molar-refractivity contribution in [3.05, 3.63) is 72.6 Å². The molecule has 0 saturated heterocycles. The molecule has 1 amide bonds. The molecule has 26 heavy (non-hydrogen) atoms. The van der Waals surface area contributed by atoms with Gasteiger partial charge >= 0.3 is 0 Å². The molecule has 2 aromatic carbocycles. The maximum absolute atomic E-state index is 13.1. The minimum absolute atomic E-state index is 0.0303. The standard InChI is InChI=1S/C21H19N3O2/c25-21(16-6-8-17(9-7-16)22-10-1-2-11-22)24-13-12-23-14-15-26-19-5-3-4-18(24)20(19)23/h1-11H,12-15H2. The van der Waals surface area contributed by atoms with Gasteiger partial charge in [0.15, 0.2) is 0 Å². The molecule has 5 heteroatoms. The Bertz CT molecular complexity index is 948. The van der Waals surface area contributed by atoms with E-state index in [4.69, 9.17) is 4.74 Å². The van der Waals surface area contributed by atoms with Crippen LogP contribution in [0.1, 0.15) is 10.4 Å². The quantitative estimate of drug-likeness (QED) is 0.715. The number of nitrogens with zero attached hydrogens (tertiary/aromatic N) is 3. The number of carbonyl (C=O) groups is 1. The van der Waals surface area contributed by atoms with E-state index in [0.717, 1.165) is 35.9 Å². The van der Waals surface area contributed by atoms with Crippen molar-refractivity contribution >= 4 is 17.3 Å². The van der Waals surface area contributed by atoms with Crippen LogP contribution >= 0.6 is 0 Å². The molecule has 3 aromatic rings. The van der Waals surface area contributed by atoms with E-state index < -0.39 is 0 Å². The number of benzene rings is 2. The van der Waals surface area contributed by atoms with Crippen LogP contribution in [0.2, 0.25) is 0 Å². The Morgan fingerprint density at radius 2 is 1.69 bits per heavy atom. The summed E-state index contributed by atoms with van der Waals surface area (Å²) >= 11 is 0. The fourth-order valence-electron chi connectivity index (χ4n) is 3.75. The number of rotatable bonds is 2. The summed E-state index contributed by atoms with van der Waals surface area (Å²) in [6.07, 6.45) is 3.98. The van der Waals surface area contributed by atoms with Crippen LogP contribution in [0.5, 0.6) is 5.75 Å². The molecule has 0 aliphatic carbocycles. The summed E-state index contributed by atoms with van der Waals surface area (Å²) in [6.45, 7) is 3.10. The first-order valence-corrected chi connectivity index (χ1v) is 8.87. The van der Waals surface area contributed by atoms with E-state index in [1.54, 1.807) is 0 Å². The summed E-state index contributed by atoms with van der Waals surface area (Å²) in [6, 6.07) is 17.7. The Morgan fingerprint density at radius 3 is 2.50 bits per heavy atom. The fraction of sp³-hybridized carbons (Fsp3) is 0.190. The van der Waals surface area contributed by atoms with E-state index in [-0.39, 0.29) is 5.91 Å². The summed E-state index contributed by atoms with van der Waals surface area (Å²) in [5.74, 6) is 0.900. The Labute approximate surface area is 152 Å². The highest BCUT2D eigenvalue weighted by molar-refractivity contribution is 6.09. The molecule has 5 rings (SSSR count). The lowest BCUT2D eigenvalue weighted by molar-refractivity contribution is 0.0986. The van der Waals surface area contributed by atoms with E-state index in [1.165, 1.54) is 0 Å². The number of ether oxygens (including phenoxy) is 1. The van der Waals surface area contributed by atoms with Gasteiger partial charge in [0.1, 0.15) is 18.0 Å². The Hall–Kier alpha value is -3.21. The molecule has 0 unspecified atom stereocenters. The summed E-state index contributed by atoms with van der Waals surface area (Å²) in [7, 11) is 0. The van der Waals surface area contributed by atoms with E-state index >= 15 is 0 Å². The number of aromatic nitrogens is 1. The van der Waals surface area contributed by atoms with Crippen LogP contribution in [0.3, 0.4) is 0 Å². The zero-order valence-corrected chi connectivity index (χ0v) is 14.3. The van der Waals surface area contributed by atoms with E-state index in [1.807, 2.05) is 76.5 Å². The maximum Gasteiger partial charge on any atom is 0.258 e. The van der Waals surface area contributed by atoms with Gasteiger partial charge in [-0.15, -0.1) is 0 Å². The lowest BCUT2D eigenvalue weighted by Gasteiger charge is -2.41. The van der Waals surface area contributed by atoms with Gasteiger partial charge in [-0.2, -0.15) is 0 Å². The van der Waals surface area contributed by atoms with Crippen molar-refractivity contribution < 1.29 is 9.53 Å². The lowest BCUT2D eigenvalue weighted by atomic mass is 10.1. The number of carbonyl (C=O) groups excluding carboxylic acids is 1. The van der Waals surface area contributed by atoms with Gasteiger partial charge in [-0.05, 0) is 48.5 Å². The third kappa shape index (κ3) is 2.36. The number of hydrogen-bond donors (Lipinski definition) is 0. The van der Waals surface area contributed by atoms with Crippen molar-refractivity contribution in [1.82, 2.24) is 4.57 Å². The molecular weight excluding hydrogens is 326 g/mol. The normalized spacial score (nSPS) is 15.4. The molecule has 0 saturated carbocycles. The van der Waals surface area contributed by atoms with Crippen LogP contribution in [-0.4, -0.2) is 36.7 Å². The van der Waals surface area contributed by atoms with Gasteiger partial charge in [0, 0.05) is 36.7 Å². The van der Waals surface area contributed by atoms with Gasteiger partial charge in [-0.25, -0.2) is 0 Å². The van der Waals surface area contributed by atoms with Crippen molar-refractivity contribution in [2.24, 2.45) is 0 Å². The first kappa shape index (κ1) is 15.1. The third-order valence-electron chi connectivity index (χ3n) is 5.06. The number of hydrogen-bond acceptors (Lipinski definition) is 3. The van der Waals surface area contributed by atoms with Crippen molar-refractivity contribution in [2.45, 2.75) is 0 Å². The van der Waals surface area contributed by atoms with Gasteiger partial charge in [0.05, 0.1) is 12.2 Å². The second-order valence-electron chi connectivity index (χ2n) is 6.55. The molecule has 5 nitrogen and oxygen atoms in total.